The Bertz CT molecular complexity index is 264. The zero-order chi connectivity index (χ0) is 13.0. The average molecular weight is 228 g/mol. The maximum Gasteiger partial charge on any atom is 0.189 e. The van der Waals surface area contributed by atoms with Crippen LogP contribution < -0.4 is 0 Å². The molecule has 0 amide bonds. The topological polar surface area (TPSA) is 35.5 Å². The molecule has 0 fully saturated rings. The third kappa shape index (κ3) is 4.90. The van der Waals surface area contributed by atoms with Crippen molar-refractivity contribution in [1.29, 1.82) is 0 Å². The molecule has 0 aliphatic carbocycles. The van der Waals surface area contributed by atoms with E-state index in [0.717, 1.165) is 6.42 Å². The molecule has 0 aromatic rings. The predicted octanol–water partition coefficient (Wildman–Crippen LogP) is 2.74. The summed E-state index contributed by atoms with van der Waals surface area (Å²) in [7, 11) is 1.67. The number of carbonyl (C=O) groups is 1. The summed E-state index contributed by atoms with van der Waals surface area (Å²) in [5.74, 6) is -0.0530. The van der Waals surface area contributed by atoms with E-state index in [2.05, 4.69) is 6.58 Å². The van der Waals surface area contributed by atoms with Gasteiger partial charge in [0.05, 0.1) is 12.2 Å². The van der Waals surface area contributed by atoms with Crippen LogP contribution in [0.15, 0.2) is 12.2 Å². The van der Waals surface area contributed by atoms with E-state index in [-0.39, 0.29) is 11.4 Å². The minimum atomic E-state index is -0.796. The summed E-state index contributed by atoms with van der Waals surface area (Å²) >= 11 is 0. The van der Waals surface area contributed by atoms with Gasteiger partial charge < -0.3 is 9.47 Å². The van der Waals surface area contributed by atoms with Crippen molar-refractivity contribution in [2.24, 2.45) is 0 Å². The maximum absolute atomic E-state index is 11.7. The Hall–Kier alpha value is -0.670. The third-order valence-electron chi connectivity index (χ3n) is 2.65. The van der Waals surface area contributed by atoms with Crippen LogP contribution in [0.2, 0.25) is 0 Å². The fraction of sp³-hybridized carbons (Fsp3) is 0.769. The van der Waals surface area contributed by atoms with Crippen molar-refractivity contribution < 1.29 is 14.3 Å². The minimum Gasteiger partial charge on any atom is -0.379 e. The first-order valence-electron chi connectivity index (χ1n) is 5.52. The number of Topliss-reactive ketones (excluding diaryl/α,β-unsaturated/α-hetero) is 1. The van der Waals surface area contributed by atoms with Gasteiger partial charge in [0, 0.05) is 7.11 Å². The van der Waals surface area contributed by atoms with Crippen molar-refractivity contribution in [1.82, 2.24) is 0 Å². The van der Waals surface area contributed by atoms with Crippen LogP contribution in [0.25, 0.3) is 0 Å². The quantitative estimate of drug-likeness (QED) is 0.628. The fourth-order valence-corrected chi connectivity index (χ4v) is 1.23. The first-order chi connectivity index (χ1) is 7.12. The fourth-order valence-electron chi connectivity index (χ4n) is 1.23. The number of carbonyl (C=O) groups excluding carboxylic acids is 1. The molecule has 0 aliphatic rings. The molecule has 0 radical (unpaired) electrons. The highest BCUT2D eigenvalue weighted by molar-refractivity contribution is 6.00. The Morgan fingerprint density at radius 2 is 1.75 bits per heavy atom. The Balaban J connectivity index is 4.20. The summed E-state index contributed by atoms with van der Waals surface area (Å²) in [6.07, 6.45) is 0.746. The van der Waals surface area contributed by atoms with Crippen LogP contribution in [0.3, 0.4) is 0 Å². The molecule has 0 saturated carbocycles. The lowest BCUT2D eigenvalue weighted by Gasteiger charge is -2.27. The highest BCUT2D eigenvalue weighted by atomic mass is 16.5. The van der Waals surface area contributed by atoms with Crippen molar-refractivity contribution in [3.05, 3.63) is 12.2 Å². The Labute approximate surface area is 98.8 Å². The number of hydrogen-bond acceptors (Lipinski definition) is 3. The summed E-state index contributed by atoms with van der Waals surface area (Å²) in [5.41, 5.74) is -0.492. The van der Waals surface area contributed by atoms with Crippen molar-refractivity contribution in [3.8, 4) is 0 Å². The molecular weight excluding hydrogens is 204 g/mol. The molecule has 0 aliphatic heterocycles. The highest BCUT2D eigenvalue weighted by Crippen LogP contribution is 2.18. The van der Waals surface area contributed by atoms with E-state index >= 15 is 0 Å². The SMILES string of the molecule is C=C(C)C(=O)C(C)(C)OCCC(C)(C)OC. The summed E-state index contributed by atoms with van der Waals surface area (Å²) in [6, 6.07) is 0. The van der Waals surface area contributed by atoms with Gasteiger partial charge in [0.1, 0.15) is 5.60 Å². The van der Waals surface area contributed by atoms with Crippen LogP contribution in [0.4, 0.5) is 0 Å². The zero-order valence-electron chi connectivity index (χ0n) is 11.3. The Morgan fingerprint density at radius 1 is 1.25 bits per heavy atom. The number of rotatable bonds is 7. The molecule has 3 nitrogen and oxygen atoms in total. The maximum atomic E-state index is 11.7. The van der Waals surface area contributed by atoms with Gasteiger partial charge in [0.25, 0.3) is 0 Å². The van der Waals surface area contributed by atoms with Gasteiger partial charge in [-0.1, -0.05) is 6.58 Å². The standard InChI is InChI=1S/C13H24O3/c1-10(2)11(14)13(5,6)16-9-8-12(3,4)15-7/h1,8-9H2,2-7H3. The molecule has 0 spiro atoms. The molecule has 0 unspecified atom stereocenters. The lowest BCUT2D eigenvalue weighted by molar-refractivity contribution is -0.138. The highest BCUT2D eigenvalue weighted by Gasteiger charge is 2.29. The van der Waals surface area contributed by atoms with Gasteiger partial charge in [0.2, 0.25) is 0 Å². The van der Waals surface area contributed by atoms with Gasteiger partial charge in [-0.25, -0.2) is 0 Å². The minimum absolute atomic E-state index is 0.0530. The summed E-state index contributed by atoms with van der Waals surface area (Å²) in [5, 5.41) is 0. The molecule has 0 rings (SSSR count). The van der Waals surface area contributed by atoms with Gasteiger partial charge in [-0.3, -0.25) is 4.79 Å². The van der Waals surface area contributed by atoms with E-state index in [0.29, 0.717) is 12.2 Å². The van der Waals surface area contributed by atoms with Crippen LogP contribution in [0.5, 0.6) is 0 Å². The van der Waals surface area contributed by atoms with Gasteiger partial charge in [-0.05, 0) is 46.6 Å². The van der Waals surface area contributed by atoms with E-state index in [4.69, 9.17) is 9.47 Å². The monoisotopic (exact) mass is 228 g/mol. The summed E-state index contributed by atoms with van der Waals surface area (Å²) in [4.78, 5) is 11.7. The summed E-state index contributed by atoms with van der Waals surface area (Å²) in [6.45, 7) is 13.3. The third-order valence-corrected chi connectivity index (χ3v) is 2.65. The predicted molar refractivity (Wildman–Crippen MR) is 65.6 cm³/mol. The molecule has 0 saturated heterocycles. The second kappa shape index (κ2) is 5.60. The largest absolute Gasteiger partial charge is 0.379 e. The lowest BCUT2D eigenvalue weighted by atomic mass is 9.98. The molecule has 0 heterocycles. The molecule has 0 bridgehead atoms. The van der Waals surface area contributed by atoms with Crippen molar-refractivity contribution in [2.75, 3.05) is 13.7 Å². The van der Waals surface area contributed by atoms with E-state index < -0.39 is 5.60 Å². The van der Waals surface area contributed by atoms with Crippen molar-refractivity contribution >= 4 is 5.78 Å². The van der Waals surface area contributed by atoms with Crippen LogP contribution in [-0.4, -0.2) is 30.7 Å². The molecule has 0 aromatic carbocycles. The average Bonchev–Trinajstić information content (AvgIpc) is 2.15. The first kappa shape index (κ1) is 15.3. The smallest absolute Gasteiger partial charge is 0.189 e. The normalized spacial score (nSPS) is 12.6. The van der Waals surface area contributed by atoms with Gasteiger partial charge in [-0.2, -0.15) is 0 Å². The Morgan fingerprint density at radius 3 is 2.12 bits per heavy atom. The van der Waals surface area contributed by atoms with Gasteiger partial charge in [0.15, 0.2) is 5.78 Å². The molecule has 0 atom stereocenters. The summed E-state index contributed by atoms with van der Waals surface area (Å²) < 4.78 is 10.9. The first-order valence-corrected chi connectivity index (χ1v) is 5.52. The lowest BCUT2D eigenvalue weighted by Crippen LogP contribution is -2.37. The molecule has 94 valence electrons. The van der Waals surface area contributed by atoms with E-state index in [9.17, 15) is 4.79 Å². The molecule has 3 heteroatoms. The van der Waals surface area contributed by atoms with Crippen LogP contribution in [0, 0.1) is 0 Å². The molecule has 0 N–H and O–H groups in total. The second-order valence-electron chi connectivity index (χ2n) is 5.18. The number of ether oxygens (including phenoxy) is 2. The van der Waals surface area contributed by atoms with E-state index in [1.807, 2.05) is 13.8 Å². The van der Waals surface area contributed by atoms with Crippen molar-refractivity contribution in [2.45, 2.75) is 52.2 Å². The Kier molecular flexibility index (Phi) is 5.36. The number of ketones is 1. The van der Waals surface area contributed by atoms with Gasteiger partial charge in [-0.15, -0.1) is 0 Å². The van der Waals surface area contributed by atoms with E-state index in [1.165, 1.54) is 0 Å². The molecular formula is C13H24O3. The van der Waals surface area contributed by atoms with E-state index in [1.54, 1.807) is 27.9 Å². The number of hydrogen-bond donors (Lipinski definition) is 0. The second-order valence-corrected chi connectivity index (χ2v) is 5.18. The van der Waals surface area contributed by atoms with Crippen LogP contribution in [0.1, 0.15) is 41.0 Å². The molecule has 0 aromatic heterocycles. The van der Waals surface area contributed by atoms with Gasteiger partial charge >= 0.3 is 0 Å². The number of methoxy groups -OCH3 is 1. The van der Waals surface area contributed by atoms with Crippen molar-refractivity contribution in [3.63, 3.8) is 0 Å². The van der Waals surface area contributed by atoms with Crippen LogP contribution >= 0.6 is 0 Å². The van der Waals surface area contributed by atoms with Crippen LogP contribution in [-0.2, 0) is 14.3 Å². The molecule has 16 heavy (non-hydrogen) atoms. The zero-order valence-corrected chi connectivity index (χ0v) is 11.3.